The summed E-state index contributed by atoms with van der Waals surface area (Å²) in [7, 11) is 0. The van der Waals surface area contributed by atoms with Gasteiger partial charge in [0.15, 0.2) is 0 Å². The number of carbonyl (C=O) groups is 2. The number of amides is 2. The highest BCUT2D eigenvalue weighted by molar-refractivity contribution is 5.97. The number of ether oxygens (including phenoxy) is 1. The fourth-order valence-electron chi connectivity index (χ4n) is 5.64. The number of hydrogen-bond donors (Lipinski definition) is 1. The summed E-state index contributed by atoms with van der Waals surface area (Å²) in [6.45, 7) is 6.14. The molecular formula is C30H34N4O3. The number of aromatic nitrogens is 2. The molecule has 192 valence electrons. The second-order valence-electron chi connectivity index (χ2n) is 10.3. The number of rotatable bonds is 6. The monoisotopic (exact) mass is 498 g/mol. The first kappa shape index (κ1) is 24.8. The number of hydrogen-bond acceptors (Lipinski definition) is 4. The number of allylic oxidation sites excluding steroid dienone is 1. The van der Waals surface area contributed by atoms with Crippen LogP contribution < -0.4 is 10.5 Å². The minimum absolute atomic E-state index is 0.0987. The molecular weight excluding hydrogens is 464 g/mol. The van der Waals surface area contributed by atoms with E-state index in [4.69, 9.17) is 15.5 Å². The molecule has 2 aliphatic heterocycles. The lowest BCUT2D eigenvalue weighted by Crippen LogP contribution is -2.40. The van der Waals surface area contributed by atoms with Crippen LogP contribution in [0.25, 0.3) is 11.3 Å². The largest absolute Gasteiger partial charge is 0.457 e. The lowest BCUT2D eigenvalue weighted by atomic mass is 9.79. The van der Waals surface area contributed by atoms with Crippen LogP contribution in [-0.2, 0) is 11.3 Å². The van der Waals surface area contributed by atoms with E-state index < -0.39 is 5.91 Å². The van der Waals surface area contributed by atoms with Crippen molar-refractivity contribution in [2.24, 2.45) is 11.7 Å². The Morgan fingerprint density at radius 2 is 1.62 bits per heavy atom. The highest BCUT2D eigenvalue weighted by Gasteiger charge is 2.36. The molecule has 0 saturated carbocycles. The minimum atomic E-state index is -0.457. The molecule has 7 heteroatoms. The number of nitrogens with zero attached hydrogens (tertiary/aromatic N) is 3. The summed E-state index contributed by atoms with van der Waals surface area (Å²) < 4.78 is 7.96. The Morgan fingerprint density at radius 1 is 0.946 bits per heavy atom. The normalized spacial score (nSPS) is 17.7. The molecule has 0 radical (unpaired) electrons. The summed E-state index contributed by atoms with van der Waals surface area (Å²) in [5.74, 6) is 2.75. The predicted octanol–water partition coefficient (Wildman–Crippen LogP) is 5.52. The fraction of sp³-hybridized carbons (Fsp3) is 0.367. The minimum Gasteiger partial charge on any atom is -0.457 e. The van der Waals surface area contributed by atoms with Crippen molar-refractivity contribution in [1.82, 2.24) is 14.5 Å². The first-order chi connectivity index (χ1) is 17.9. The van der Waals surface area contributed by atoms with Gasteiger partial charge in [0.2, 0.25) is 5.91 Å². The molecule has 2 aliphatic rings. The van der Waals surface area contributed by atoms with Gasteiger partial charge in [-0.2, -0.15) is 0 Å². The van der Waals surface area contributed by atoms with E-state index in [2.05, 4.69) is 0 Å². The third-order valence-corrected chi connectivity index (χ3v) is 7.40. The van der Waals surface area contributed by atoms with E-state index >= 15 is 0 Å². The van der Waals surface area contributed by atoms with Crippen molar-refractivity contribution < 1.29 is 14.3 Å². The first-order valence-corrected chi connectivity index (χ1v) is 13.1. The molecule has 2 aromatic carbocycles. The number of imidazole rings is 1. The van der Waals surface area contributed by atoms with Crippen LogP contribution in [-0.4, -0.2) is 39.4 Å². The fourth-order valence-corrected chi connectivity index (χ4v) is 5.64. The van der Waals surface area contributed by atoms with E-state index in [1.165, 1.54) is 0 Å². The molecule has 2 N–H and O–H groups in total. The van der Waals surface area contributed by atoms with Gasteiger partial charge in [0.05, 0.1) is 0 Å². The van der Waals surface area contributed by atoms with Crippen molar-refractivity contribution in [3.63, 3.8) is 0 Å². The van der Waals surface area contributed by atoms with Gasteiger partial charge in [-0.05, 0) is 81.8 Å². The summed E-state index contributed by atoms with van der Waals surface area (Å²) in [6.07, 6.45) is 5.61. The maximum absolute atomic E-state index is 12.6. The second-order valence-corrected chi connectivity index (χ2v) is 10.3. The topological polar surface area (TPSA) is 90.4 Å². The molecule has 1 unspecified atom stereocenters. The average Bonchev–Trinajstić information content (AvgIpc) is 3.30. The van der Waals surface area contributed by atoms with E-state index in [0.29, 0.717) is 23.1 Å². The van der Waals surface area contributed by atoms with Gasteiger partial charge in [-0.1, -0.05) is 23.8 Å². The Kier molecular flexibility index (Phi) is 7.12. The zero-order chi connectivity index (χ0) is 25.9. The van der Waals surface area contributed by atoms with Crippen LogP contribution in [0.2, 0.25) is 0 Å². The van der Waals surface area contributed by atoms with Crippen molar-refractivity contribution >= 4 is 11.8 Å². The molecule has 2 amide bonds. The van der Waals surface area contributed by atoms with Gasteiger partial charge in [0.25, 0.3) is 5.91 Å². The molecule has 1 saturated heterocycles. The van der Waals surface area contributed by atoms with Gasteiger partial charge in [-0.15, -0.1) is 0 Å². The van der Waals surface area contributed by atoms with Crippen LogP contribution in [0.15, 0.2) is 66.2 Å². The standard InChI is InChI=1S/C30H34N4O3/c1-20(2)19-26(35)33-17-14-21(15-18-33)25-9-6-16-34-28(29(31)36)27(32-30(25)34)22-10-12-24(13-11-22)37-23-7-4-3-5-8-23/h3-5,7-8,10-13,19,21,25H,6,9,14-18H2,1-2H3,(H2,31,36). The number of nitrogens with two attached hydrogens (primary N) is 1. The Hall–Kier alpha value is -3.87. The van der Waals surface area contributed by atoms with E-state index in [1.807, 2.05) is 77.9 Å². The molecule has 1 aromatic heterocycles. The summed E-state index contributed by atoms with van der Waals surface area (Å²) in [5, 5.41) is 0. The smallest absolute Gasteiger partial charge is 0.267 e. The van der Waals surface area contributed by atoms with Crippen molar-refractivity contribution in [2.75, 3.05) is 13.1 Å². The highest BCUT2D eigenvalue weighted by atomic mass is 16.5. The van der Waals surface area contributed by atoms with Crippen LogP contribution in [0.1, 0.15) is 61.8 Å². The van der Waals surface area contributed by atoms with Crippen LogP contribution in [0.3, 0.4) is 0 Å². The second kappa shape index (κ2) is 10.6. The third-order valence-electron chi connectivity index (χ3n) is 7.40. The Labute approximate surface area is 217 Å². The Balaban J connectivity index is 1.38. The Morgan fingerprint density at radius 3 is 2.27 bits per heavy atom. The highest BCUT2D eigenvalue weighted by Crippen LogP contribution is 2.41. The van der Waals surface area contributed by atoms with Crippen LogP contribution >= 0.6 is 0 Å². The molecule has 3 aromatic rings. The van der Waals surface area contributed by atoms with Crippen molar-refractivity contribution in [3.8, 4) is 22.8 Å². The SMILES string of the molecule is CC(C)=CC(=O)N1CCC(C2CCCn3c2nc(-c2ccc(Oc4ccccc4)cc2)c3C(N)=O)CC1. The number of likely N-dealkylation sites (tertiary alicyclic amines) is 1. The van der Waals surface area contributed by atoms with Gasteiger partial charge in [0.1, 0.15) is 28.7 Å². The van der Waals surface area contributed by atoms with E-state index in [-0.39, 0.29) is 11.8 Å². The molecule has 1 atom stereocenters. The van der Waals surface area contributed by atoms with Gasteiger partial charge < -0.3 is 19.9 Å². The zero-order valence-electron chi connectivity index (χ0n) is 21.5. The van der Waals surface area contributed by atoms with Crippen molar-refractivity contribution in [1.29, 1.82) is 0 Å². The molecule has 5 rings (SSSR count). The molecule has 7 nitrogen and oxygen atoms in total. The zero-order valence-corrected chi connectivity index (χ0v) is 21.5. The molecule has 0 bridgehead atoms. The number of carbonyl (C=O) groups excluding carboxylic acids is 2. The lowest BCUT2D eigenvalue weighted by molar-refractivity contribution is -0.127. The predicted molar refractivity (Wildman–Crippen MR) is 143 cm³/mol. The van der Waals surface area contributed by atoms with E-state index in [0.717, 1.165) is 68.0 Å². The van der Waals surface area contributed by atoms with Crippen molar-refractivity contribution in [3.05, 3.63) is 77.8 Å². The molecule has 37 heavy (non-hydrogen) atoms. The first-order valence-electron chi connectivity index (χ1n) is 13.1. The van der Waals surface area contributed by atoms with Gasteiger partial charge >= 0.3 is 0 Å². The molecule has 1 fully saturated rings. The quantitative estimate of drug-likeness (QED) is 0.453. The van der Waals surface area contributed by atoms with Gasteiger partial charge in [-0.3, -0.25) is 9.59 Å². The number of para-hydroxylation sites is 1. The molecule has 3 heterocycles. The maximum atomic E-state index is 12.6. The van der Waals surface area contributed by atoms with Crippen LogP contribution in [0, 0.1) is 5.92 Å². The van der Waals surface area contributed by atoms with Crippen LogP contribution in [0.5, 0.6) is 11.5 Å². The molecule has 0 aliphatic carbocycles. The third kappa shape index (κ3) is 5.31. The van der Waals surface area contributed by atoms with Crippen molar-refractivity contribution in [2.45, 2.75) is 52.0 Å². The Bertz CT molecular complexity index is 1300. The number of primary amides is 1. The number of piperidine rings is 1. The number of benzene rings is 2. The lowest BCUT2D eigenvalue weighted by Gasteiger charge is -2.37. The van der Waals surface area contributed by atoms with Gasteiger partial charge in [-0.25, -0.2) is 4.98 Å². The summed E-state index contributed by atoms with van der Waals surface area (Å²) in [6, 6.07) is 17.3. The van der Waals surface area contributed by atoms with E-state index in [1.54, 1.807) is 6.08 Å². The van der Waals surface area contributed by atoms with Crippen LogP contribution in [0.4, 0.5) is 0 Å². The summed E-state index contributed by atoms with van der Waals surface area (Å²) in [5.41, 5.74) is 8.87. The summed E-state index contributed by atoms with van der Waals surface area (Å²) in [4.78, 5) is 32.1. The van der Waals surface area contributed by atoms with E-state index in [9.17, 15) is 9.59 Å². The maximum Gasteiger partial charge on any atom is 0.267 e. The van der Waals surface area contributed by atoms with Gasteiger partial charge in [0, 0.05) is 37.2 Å². The molecule has 0 spiro atoms. The average molecular weight is 499 g/mol. The summed E-state index contributed by atoms with van der Waals surface area (Å²) >= 11 is 0. The number of fused-ring (bicyclic) bond motifs is 1.